The average molecular weight is 382 g/mol. The van der Waals surface area contributed by atoms with E-state index in [1.165, 1.54) is 24.3 Å². The number of carbonyl (C=O) groups excluding carboxylic acids is 1. The molecule has 4 rings (SSSR count). The van der Waals surface area contributed by atoms with Gasteiger partial charge in [0.15, 0.2) is 11.5 Å². The van der Waals surface area contributed by atoms with Crippen molar-refractivity contribution in [3.8, 4) is 11.5 Å². The Morgan fingerprint density at radius 1 is 1.11 bits per heavy atom. The number of rotatable bonds is 4. The van der Waals surface area contributed by atoms with E-state index in [2.05, 4.69) is 9.88 Å². The van der Waals surface area contributed by atoms with Crippen molar-refractivity contribution in [3.05, 3.63) is 58.4 Å². The van der Waals surface area contributed by atoms with Crippen LogP contribution in [0.4, 0.5) is 11.4 Å². The summed E-state index contributed by atoms with van der Waals surface area (Å²) in [5, 5.41) is 11.3. The molecule has 144 valence electrons. The van der Waals surface area contributed by atoms with Gasteiger partial charge in [-0.3, -0.25) is 19.9 Å². The van der Waals surface area contributed by atoms with E-state index in [0.717, 1.165) is 5.69 Å². The number of carbonyl (C=O) groups is 1. The first-order chi connectivity index (χ1) is 13.6. The summed E-state index contributed by atoms with van der Waals surface area (Å²) in [4.78, 5) is 31.3. The molecule has 0 atom stereocenters. The van der Waals surface area contributed by atoms with Crippen LogP contribution in [0, 0.1) is 10.1 Å². The summed E-state index contributed by atoms with van der Waals surface area (Å²) in [6, 6.07) is 6.72. The molecule has 2 aliphatic heterocycles. The van der Waals surface area contributed by atoms with Crippen molar-refractivity contribution in [2.24, 2.45) is 0 Å². The highest BCUT2D eigenvalue weighted by Crippen LogP contribution is 2.38. The number of fused-ring (bicyclic) bond motifs is 1. The number of piperazine rings is 1. The number of ether oxygens (including phenoxy) is 2. The van der Waals surface area contributed by atoms with Gasteiger partial charge in [0, 0.05) is 50.3 Å². The summed E-state index contributed by atoms with van der Waals surface area (Å²) in [5.74, 6) is 0.590. The number of benzene rings is 1. The number of nitro benzene ring substituents is 1. The Labute approximate surface area is 160 Å². The fourth-order valence-electron chi connectivity index (χ4n) is 3.24. The summed E-state index contributed by atoms with van der Waals surface area (Å²) in [6.45, 7) is 2.62. The van der Waals surface area contributed by atoms with Gasteiger partial charge in [-0.15, -0.1) is 0 Å². The molecule has 1 amide bonds. The van der Waals surface area contributed by atoms with Gasteiger partial charge in [-0.1, -0.05) is 0 Å². The molecule has 1 saturated heterocycles. The van der Waals surface area contributed by atoms with Gasteiger partial charge in [0.2, 0.25) is 12.7 Å². The van der Waals surface area contributed by atoms with Crippen molar-refractivity contribution >= 4 is 23.4 Å². The van der Waals surface area contributed by atoms with Crippen LogP contribution in [0.25, 0.3) is 6.08 Å². The minimum atomic E-state index is -0.500. The third kappa shape index (κ3) is 3.59. The smallest absolute Gasteiger partial charge is 0.280 e. The molecule has 2 aromatic rings. The molecule has 28 heavy (non-hydrogen) atoms. The second kappa shape index (κ2) is 7.55. The van der Waals surface area contributed by atoms with Gasteiger partial charge in [0.05, 0.1) is 16.6 Å². The highest BCUT2D eigenvalue weighted by atomic mass is 16.7. The zero-order valence-electron chi connectivity index (χ0n) is 15.0. The first-order valence-electron chi connectivity index (χ1n) is 8.82. The molecular weight excluding hydrogens is 364 g/mol. The third-order valence-corrected chi connectivity index (χ3v) is 4.74. The number of hydrogen-bond acceptors (Lipinski definition) is 7. The fourth-order valence-corrected chi connectivity index (χ4v) is 3.24. The maximum absolute atomic E-state index is 12.5. The van der Waals surface area contributed by atoms with Crippen molar-refractivity contribution in [2.45, 2.75) is 0 Å². The molecule has 9 nitrogen and oxygen atoms in total. The van der Waals surface area contributed by atoms with Crippen LogP contribution < -0.4 is 14.4 Å². The first-order valence-corrected chi connectivity index (χ1v) is 8.82. The molecule has 1 aromatic carbocycles. The normalized spacial score (nSPS) is 15.9. The minimum Gasteiger partial charge on any atom is -0.454 e. The van der Waals surface area contributed by atoms with Gasteiger partial charge >= 0.3 is 0 Å². The standard InChI is InChI=1S/C19H18N4O5/c24-19(22-9-7-21(8-10-22)15-3-5-20-6-4-15)2-1-14-11-17-18(28-13-27-17)12-16(14)23(25)26/h1-6,11-12H,7-10,13H2/b2-1+. The second-order valence-electron chi connectivity index (χ2n) is 6.37. The third-order valence-electron chi connectivity index (χ3n) is 4.74. The summed E-state index contributed by atoms with van der Waals surface area (Å²) in [6.07, 6.45) is 6.31. The molecule has 3 heterocycles. The predicted molar refractivity (Wildman–Crippen MR) is 101 cm³/mol. The van der Waals surface area contributed by atoms with Gasteiger partial charge in [0.25, 0.3) is 5.69 Å². The molecule has 0 spiro atoms. The number of aromatic nitrogens is 1. The molecule has 0 saturated carbocycles. The number of hydrogen-bond donors (Lipinski definition) is 0. The zero-order valence-corrected chi connectivity index (χ0v) is 15.0. The highest BCUT2D eigenvalue weighted by molar-refractivity contribution is 5.92. The molecule has 2 aliphatic rings. The fraction of sp³-hybridized carbons (Fsp3) is 0.263. The van der Waals surface area contributed by atoms with Crippen LogP contribution >= 0.6 is 0 Å². The molecule has 1 aromatic heterocycles. The predicted octanol–water partition coefficient (Wildman–Crippen LogP) is 2.08. The molecule has 0 aliphatic carbocycles. The lowest BCUT2D eigenvalue weighted by molar-refractivity contribution is -0.385. The Kier molecular flexibility index (Phi) is 4.79. The lowest BCUT2D eigenvalue weighted by Gasteiger charge is -2.35. The topological polar surface area (TPSA) is 98.0 Å². The Morgan fingerprint density at radius 3 is 2.46 bits per heavy atom. The average Bonchev–Trinajstić information content (AvgIpc) is 3.19. The van der Waals surface area contributed by atoms with Crippen molar-refractivity contribution < 1.29 is 19.2 Å². The molecular formula is C19H18N4O5. The van der Waals surface area contributed by atoms with Gasteiger partial charge in [-0.25, -0.2) is 0 Å². The Hall–Kier alpha value is -3.62. The Balaban J connectivity index is 1.43. The van der Waals surface area contributed by atoms with E-state index in [4.69, 9.17) is 9.47 Å². The van der Waals surface area contributed by atoms with Crippen molar-refractivity contribution in [3.63, 3.8) is 0 Å². The van der Waals surface area contributed by atoms with Crippen LogP contribution in [0.3, 0.4) is 0 Å². The summed E-state index contributed by atoms with van der Waals surface area (Å²) < 4.78 is 10.4. The molecule has 0 unspecified atom stereocenters. The van der Waals surface area contributed by atoms with Gasteiger partial charge in [-0.2, -0.15) is 0 Å². The van der Waals surface area contributed by atoms with Crippen LogP contribution in [-0.2, 0) is 4.79 Å². The summed E-state index contributed by atoms with van der Waals surface area (Å²) in [5.41, 5.74) is 1.25. The SMILES string of the molecule is O=C(/C=C/c1cc2c(cc1[N+](=O)[O-])OCO2)N1CCN(c2ccncc2)CC1. The first kappa shape index (κ1) is 17.8. The van der Waals surface area contributed by atoms with E-state index < -0.39 is 4.92 Å². The van der Waals surface area contributed by atoms with E-state index in [1.54, 1.807) is 17.3 Å². The number of anilines is 1. The van der Waals surface area contributed by atoms with Crippen LogP contribution in [-0.4, -0.2) is 53.7 Å². The quantitative estimate of drug-likeness (QED) is 0.454. The highest BCUT2D eigenvalue weighted by Gasteiger charge is 2.23. The Bertz CT molecular complexity index is 923. The van der Waals surface area contributed by atoms with Crippen molar-refractivity contribution in [1.82, 2.24) is 9.88 Å². The molecule has 0 N–H and O–H groups in total. The number of pyridine rings is 1. The van der Waals surface area contributed by atoms with Crippen molar-refractivity contribution in [1.29, 1.82) is 0 Å². The van der Waals surface area contributed by atoms with Crippen LogP contribution in [0.2, 0.25) is 0 Å². The number of amides is 1. The monoisotopic (exact) mass is 382 g/mol. The van der Waals surface area contributed by atoms with Gasteiger partial charge in [-0.05, 0) is 24.3 Å². The molecule has 9 heteroatoms. The second-order valence-corrected chi connectivity index (χ2v) is 6.37. The zero-order chi connectivity index (χ0) is 19.5. The lowest BCUT2D eigenvalue weighted by Crippen LogP contribution is -2.48. The molecule has 0 radical (unpaired) electrons. The lowest BCUT2D eigenvalue weighted by atomic mass is 10.1. The summed E-state index contributed by atoms with van der Waals surface area (Å²) >= 11 is 0. The van der Waals surface area contributed by atoms with Crippen LogP contribution in [0.5, 0.6) is 11.5 Å². The van der Waals surface area contributed by atoms with Crippen LogP contribution in [0.15, 0.2) is 42.7 Å². The van der Waals surface area contributed by atoms with E-state index in [1.807, 2.05) is 12.1 Å². The van der Waals surface area contributed by atoms with E-state index in [-0.39, 0.29) is 18.4 Å². The van der Waals surface area contributed by atoms with E-state index >= 15 is 0 Å². The molecule has 0 bridgehead atoms. The number of nitro groups is 1. The van der Waals surface area contributed by atoms with E-state index in [9.17, 15) is 14.9 Å². The maximum atomic E-state index is 12.5. The largest absolute Gasteiger partial charge is 0.454 e. The van der Waals surface area contributed by atoms with Gasteiger partial charge < -0.3 is 19.3 Å². The van der Waals surface area contributed by atoms with Crippen molar-refractivity contribution in [2.75, 3.05) is 37.9 Å². The maximum Gasteiger partial charge on any atom is 0.280 e. The van der Waals surface area contributed by atoms with Crippen LogP contribution in [0.1, 0.15) is 5.56 Å². The minimum absolute atomic E-state index is 0.0281. The van der Waals surface area contributed by atoms with Gasteiger partial charge in [0.1, 0.15) is 0 Å². The number of nitrogens with zero attached hydrogens (tertiary/aromatic N) is 4. The molecule has 1 fully saturated rings. The summed E-state index contributed by atoms with van der Waals surface area (Å²) in [7, 11) is 0. The van der Waals surface area contributed by atoms with E-state index in [0.29, 0.717) is 43.2 Å². The Morgan fingerprint density at radius 2 is 1.79 bits per heavy atom.